The van der Waals surface area contributed by atoms with Gasteiger partial charge in [-0.25, -0.2) is 4.98 Å². The minimum atomic E-state index is -4.54. The molecule has 3 nitrogen and oxygen atoms in total. The fourth-order valence-corrected chi connectivity index (χ4v) is 3.18. The molecule has 120 valence electrons. The van der Waals surface area contributed by atoms with Crippen molar-refractivity contribution in [1.29, 1.82) is 0 Å². The normalized spacial score (nSPS) is 12.2. The van der Waals surface area contributed by atoms with Crippen LogP contribution in [0.2, 0.25) is 0 Å². The smallest absolute Gasteiger partial charge is 0.271 e. The summed E-state index contributed by atoms with van der Waals surface area (Å²) in [7, 11) is 0. The molecule has 4 rings (SSSR count). The predicted octanol–water partition coefficient (Wildman–Crippen LogP) is 5.56. The van der Waals surface area contributed by atoms with E-state index in [9.17, 15) is 13.2 Å². The third-order valence-electron chi connectivity index (χ3n) is 3.80. The van der Waals surface area contributed by atoms with Crippen LogP contribution < -0.4 is 0 Å². The van der Waals surface area contributed by atoms with Gasteiger partial charge in [-0.15, -0.1) is 0 Å². The first-order chi connectivity index (χ1) is 11.4. The minimum Gasteiger partial charge on any atom is -0.271 e. The third kappa shape index (κ3) is 2.36. The fraction of sp³-hybridized carbons (Fsp3) is 0.0588. The van der Waals surface area contributed by atoms with Gasteiger partial charge in [0.15, 0.2) is 5.65 Å². The molecule has 0 saturated heterocycles. The molecule has 24 heavy (non-hydrogen) atoms. The summed E-state index contributed by atoms with van der Waals surface area (Å²) in [6.45, 7) is 0. The zero-order valence-electron chi connectivity index (χ0n) is 12.0. The highest BCUT2D eigenvalue weighted by Crippen LogP contribution is 2.41. The predicted molar refractivity (Wildman–Crippen MR) is 89.5 cm³/mol. The van der Waals surface area contributed by atoms with Crippen molar-refractivity contribution >= 4 is 37.9 Å². The van der Waals surface area contributed by atoms with Crippen molar-refractivity contribution < 1.29 is 13.2 Å². The third-order valence-corrected chi connectivity index (χ3v) is 4.29. The number of pyridine rings is 1. The van der Waals surface area contributed by atoms with Crippen LogP contribution in [0.25, 0.3) is 33.1 Å². The van der Waals surface area contributed by atoms with Gasteiger partial charge in [-0.1, -0.05) is 46.3 Å². The van der Waals surface area contributed by atoms with E-state index in [1.807, 2.05) is 6.07 Å². The van der Waals surface area contributed by atoms with Gasteiger partial charge in [0.25, 0.3) is 0 Å². The fourth-order valence-electron chi connectivity index (χ4n) is 2.81. The second-order valence-electron chi connectivity index (χ2n) is 5.31. The van der Waals surface area contributed by atoms with Crippen molar-refractivity contribution in [3.05, 3.63) is 58.7 Å². The molecule has 0 amide bonds. The highest BCUT2D eigenvalue weighted by Gasteiger charge is 2.37. The molecule has 0 saturated carbocycles. The Morgan fingerprint density at radius 3 is 2.46 bits per heavy atom. The van der Waals surface area contributed by atoms with Crippen LogP contribution >= 0.6 is 15.9 Å². The first-order valence-electron chi connectivity index (χ1n) is 7.05. The molecule has 0 unspecified atom stereocenters. The van der Waals surface area contributed by atoms with Crippen molar-refractivity contribution in [2.45, 2.75) is 6.18 Å². The molecule has 1 N–H and O–H groups in total. The number of hydrogen-bond donors (Lipinski definition) is 1. The Morgan fingerprint density at radius 2 is 1.75 bits per heavy atom. The number of benzene rings is 2. The molecule has 0 bridgehead atoms. The van der Waals surface area contributed by atoms with Gasteiger partial charge in [0.05, 0.1) is 10.9 Å². The Kier molecular flexibility index (Phi) is 3.35. The quantitative estimate of drug-likeness (QED) is 0.461. The highest BCUT2D eigenvalue weighted by molar-refractivity contribution is 9.10. The van der Waals surface area contributed by atoms with Gasteiger partial charge in [-0.3, -0.25) is 5.10 Å². The van der Waals surface area contributed by atoms with Crippen molar-refractivity contribution in [2.75, 3.05) is 0 Å². The Bertz CT molecular complexity index is 1060. The van der Waals surface area contributed by atoms with E-state index in [-0.39, 0.29) is 11.0 Å². The average molecular weight is 392 g/mol. The van der Waals surface area contributed by atoms with Crippen molar-refractivity contribution in [2.24, 2.45) is 0 Å². The van der Waals surface area contributed by atoms with Crippen LogP contribution in [-0.4, -0.2) is 15.2 Å². The van der Waals surface area contributed by atoms with Crippen LogP contribution in [0.5, 0.6) is 0 Å². The van der Waals surface area contributed by atoms with Crippen LogP contribution in [0.1, 0.15) is 5.69 Å². The van der Waals surface area contributed by atoms with E-state index in [4.69, 9.17) is 0 Å². The Hall–Kier alpha value is -2.41. The molecule has 0 fully saturated rings. The second kappa shape index (κ2) is 5.31. The lowest BCUT2D eigenvalue weighted by Crippen LogP contribution is -2.06. The number of rotatable bonds is 1. The molecular formula is C17H9BrF3N3. The van der Waals surface area contributed by atoms with E-state index >= 15 is 0 Å². The van der Waals surface area contributed by atoms with Gasteiger partial charge in [0.2, 0.25) is 0 Å². The molecular weight excluding hydrogens is 383 g/mol. The SMILES string of the molecule is FC(F)(F)c1[nH]nc2nc3ccc(Br)cc3c(-c3ccccc3)c12. The van der Waals surface area contributed by atoms with Crippen molar-refractivity contribution in [1.82, 2.24) is 15.2 Å². The van der Waals surface area contributed by atoms with Crippen LogP contribution in [0, 0.1) is 0 Å². The number of aromatic nitrogens is 3. The van der Waals surface area contributed by atoms with Crippen molar-refractivity contribution in [3.8, 4) is 11.1 Å². The number of nitrogens with one attached hydrogen (secondary N) is 1. The van der Waals surface area contributed by atoms with Crippen LogP contribution in [0.3, 0.4) is 0 Å². The summed E-state index contributed by atoms with van der Waals surface area (Å²) in [4.78, 5) is 4.28. The second-order valence-corrected chi connectivity index (χ2v) is 6.22. The van der Waals surface area contributed by atoms with E-state index in [2.05, 4.69) is 31.1 Å². The average Bonchev–Trinajstić information content (AvgIpc) is 2.97. The first-order valence-corrected chi connectivity index (χ1v) is 7.84. The summed E-state index contributed by atoms with van der Waals surface area (Å²) in [6.07, 6.45) is -4.54. The number of alkyl halides is 3. The zero-order valence-corrected chi connectivity index (χ0v) is 13.6. The number of H-pyrrole nitrogens is 1. The van der Waals surface area contributed by atoms with Crippen LogP contribution in [0.15, 0.2) is 53.0 Å². The van der Waals surface area contributed by atoms with E-state index in [1.54, 1.807) is 42.5 Å². The lowest BCUT2D eigenvalue weighted by molar-refractivity contribution is -0.139. The number of hydrogen-bond acceptors (Lipinski definition) is 2. The summed E-state index contributed by atoms with van der Waals surface area (Å²) in [5.74, 6) is 0. The largest absolute Gasteiger partial charge is 0.433 e. The van der Waals surface area contributed by atoms with Gasteiger partial charge in [0.1, 0.15) is 5.69 Å². The van der Waals surface area contributed by atoms with E-state index in [0.29, 0.717) is 22.0 Å². The summed E-state index contributed by atoms with van der Waals surface area (Å²) in [6, 6.07) is 14.3. The molecule has 2 aromatic heterocycles. The Labute approximate surface area is 142 Å². The lowest BCUT2D eigenvalue weighted by Gasteiger charge is -2.11. The summed E-state index contributed by atoms with van der Waals surface area (Å²) < 4.78 is 41.0. The molecule has 0 radical (unpaired) electrons. The zero-order chi connectivity index (χ0) is 16.9. The molecule has 7 heteroatoms. The number of halogens is 4. The molecule has 4 aromatic rings. The molecule has 0 aliphatic rings. The maximum atomic E-state index is 13.4. The Balaban J connectivity index is 2.24. The maximum absolute atomic E-state index is 13.4. The molecule has 2 aromatic carbocycles. The van der Waals surface area contributed by atoms with Gasteiger partial charge in [-0.2, -0.15) is 18.3 Å². The van der Waals surface area contributed by atoms with Gasteiger partial charge < -0.3 is 0 Å². The number of fused-ring (bicyclic) bond motifs is 2. The standard InChI is InChI=1S/C17H9BrF3N3/c18-10-6-7-12-11(8-10)13(9-4-2-1-3-5-9)14-15(17(19,20)21)23-24-16(14)22-12/h1-8H,(H,22,23,24). The lowest BCUT2D eigenvalue weighted by atomic mass is 9.97. The van der Waals surface area contributed by atoms with E-state index in [0.717, 1.165) is 4.47 Å². The highest BCUT2D eigenvalue weighted by atomic mass is 79.9. The van der Waals surface area contributed by atoms with Crippen LogP contribution in [-0.2, 0) is 6.18 Å². The van der Waals surface area contributed by atoms with Crippen LogP contribution in [0.4, 0.5) is 13.2 Å². The van der Waals surface area contributed by atoms with Gasteiger partial charge in [-0.05, 0) is 23.8 Å². The number of aromatic amines is 1. The van der Waals surface area contributed by atoms with E-state index < -0.39 is 11.9 Å². The number of nitrogens with zero attached hydrogens (tertiary/aromatic N) is 2. The molecule has 0 atom stereocenters. The topological polar surface area (TPSA) is 41.6 Å². The monoisotopic (exact) mass is 391 g/mol. The van der Waals surface area contributed by atoms with E-state index in [1.165, 1.54) is 0 Å². The summed E-state index contributed by atoms with van der Waals surface area (Å²) in [5.41, 5.74) is 0.907. The van der Waals surface area contributed by atoms with Crippen molar-refractivity contribution in [3.63, 3.8) is 0 Å². The first kappa shape index (κ1) is 15.1. The Morgan fingerprint density at radius 1 is 1.00 bits per heavy atom. The summed E-state index contributed by atoms with van der Waals surface area (Å²) >= 11 is 3.38. The maximum Gasteiger partial charge on any atom is 0.433 e. The molecule has 0 aliphatic carbocycles. The molecule has 2 heterocycles. The minimum absolute atomic E-state index is 0.0145. The molecule has 0 spiro atoms. The summed E-state index contributed by atoms with van der Waals surface area (Å²) in [5, 5.41) is 6.50. The molecule has 0 aliphatic heterocycles. The van der Waals surface area contributed by atoms with Gasteiger partial charge in [0, 0.05) is 15.4 Å². The van der Waals surface area contributed by atoms with Gasteiger partial charge >= 0.3 is 6.18 Å².